The fourth-order valence-electron chi connectivity index (χ4n) is 5.25. The zero-order chi connectivity index (χ0) is 26.9. The van der Waals surface area contributed by atoms with E-state index in [1.54, 1.807) is 0 Å². The predicted octanol–water partition coefficient (Wildman–Crippen LogP) is 11.9. The molecule has 36 heavy (non-hydrogen) atoms. The number of benzene rings is 5. The molecule has 0 amide bonds. The van der Waals surface area contributed by atoms with Crippen molar-refractivity contribution < 1.29 is 0 Å². The summed E-state index contributed by atoms with van der Waals surface area (Å²) in [4.78, 5) is 0. The maximum absolute atomic E-state index is 2.38. The summed E-state index contributed by atoms with van der Waals surface area (Å²) in [6, 6.07) is 31.2. The van der Waals surface area contributed by atoms with Crippen molar-refractivity contribution in [3.8, 4) is 11.1 Å². The van der Waals surface area contributed by atoms with Gasteiger partial charge >= 0.3 is 0 Å². The van der Waals surface area contributed by atoms with Gasteiger partial charge in [0.1, 0.15) is 0 Å². The Bertz CT molecular complexity index is 1400. The summed E-state index contributed by atoms with van der Waals surface area (Å²) >= 11 is 0. The van der Waals surface area contributed by atoms with Gasteiger partial charge in [-0.05, 0) is 54.6 Å². The minimum absolute atomic E-state index is 0.0155. The zero-order valence-electron chi connectivity index (χ0n) is 24.3. The van der Waals surface area contributed by atoms with Crippen molar-refractivity contribution in [1.29, 1.82) is 0 Å². The van der Waals surface area contributed by atoms with E-state index in [-0.39, 0.29) is 5.41 Å². The van der Waals surface area contributed by atoms with Crippen LogP contribution in [0.25, 0.3) is 43.4 Å². The quantitative estimate of drug-likeness (QED) is 0.194. The van der Waals surface area contributed by atoms with E-state index < -0.39 is 0 Å². The van der Waals surface area contributed by atoms with Crippen LogP contribution in [0.15, 0.2) is 84.9 Å². The topological polar surface area (TPSA) is 0 Å². The van der Waals surface area contributed by atoms with Crippen molar-refractivity contribution in [1.82, 2.24) is 0 Å². The Morgan fingerprint density at radius 3 is 1.44 bits per heavy atom. The Labute approximate surface area is 220 Å². The largest absolute Gasteiger partial charge is 0.0683 e. The summed E-state index contributed by atoms with van der Waals surface area (Å²) in [5, 5.41) is 8.14. The van der Waals surface area contributed by atoms with Gasteiger partial charge in [0.2, 0.25) is 0 Å². The molecule has 0 heterocycles. The summed E-state index contributed by atoms with van der Waals surface area (Å²) in [6.45, 7) is 21.0. The third-order valence-electron chi connectivity index (χ3n) is 6.41. The van der Waals surface area contributed by atoms with Gasteiger partial charge in [-0.15, -0.1) is 0 Å². The van der Waals surface area contributed by atoms with Crippen LogP contribution in [-0.2, 0) is 5.41 Å². The molecule has 0 heteroatoms. The molecule has 0 fully saturated rings. The number of hydrogen-bond donors (Lipinski definition) is 0. The van der Waals surface area contributed by atoms with Gasteiger partial charge < -0.3 is 0 Å². The summed E-state index contributed by atoms with van der Waals surface area (Å²) in [7, 11) is 0. The van der Waals surface area contributed by atoms with Crippen LogP contribution in [0, 0.1) is 0 Å². The third-order valence-corrected chi connectivity index (χ3v) is 6.41. The lowest BCUT2D eigenvalue weighted by Crippen LogP contribution is -2.15. The molecule has 0 aromatic heterocycles. The molecule has 0 atom stereocenters. The molecule has 0 radical (unpaired) electrons. The maximum atomic E-state index is 2.38. The first-order chi connectivity index (χ1) is 17.6. The van der Waals surface area contributed by atoms with Gasteiger partial charge in [-0.25, -0.2) is 0 Å². The molecule has 5 aromatic carbocycles. The van der Waals surface area contributed by atoms with Crippen LogP contribution in [0.2, 0.25) is 0 Å². The second kappa shape index (κ2) is 13.3. The monoisotopic (exact) mass is 478 g/mol. The summed E-state index contributed by atoms with van der Waals surface area (Å²) in [5.74, 6) is 0. The van der Waals surface area contributed by atoms with Gasteiger partial charge in [-0.3, -0.25) is 0 Å². The first-order valence-electron chi connectivity index (χ1n) is 14.1. The molecule has 0 aliphatic heterocycles. The van der Waals surface area contributed by atoms with Gasteiger partial charge in [0, 0.05) is 5.41 Å². The van der Waals surface area contributed by atoms with Crippen LogP contribution < -0.4 is 0 Å². The molecule has 0 unspecified atom stereocenters. The van der Waals surface area contributed by atoms with E-state index >= 15 is 0 Å². The van der Waals surface area contributed by atoms with Gasteiger partial charge in [0.25, 0.3) is 0 Å². The van der Waals surface area contributed by atoms with Crippen molar-refractivity contribution in [2.75, 3.05) is 0 Å². The van der Waals surface area contributed by atoms with Crippen molar-refractivity contribution in [2.45, 2.75) is 81.1 Å². The van der Waals surface area contributed by atoms with E-state index in [1.165, 1.54) is 61.0 Å². The van der Waals surface area contributed by atoms with E-state index in [0.29, 0.717) is 0 Å². The number of fused-ring (bicyclic) bond motifs is 10. The smallest absolute Gasteiger partial charge is 0.0165 e. The summed E-state index contributed by atoms with van der Waals surface area (Å²) < 4.78 is 0. The second-order valence-corrected chi connectivity index (χ2v) is 8.88. The Balaban J connectivity index is 0.000000457. The fourth-order valence-corrected chi connectivity index (χ4v) is 5.25. The van der Waals surface area contributed by atoms with Crippen LogP contribution in [0.3, 0.4) is 0 Å². The molecule has 0 saturated carbocycles. The summed E-state index contributed by atoms with van der Waals surface area (Å²) in [6.07, 6.45) is 1.25. The molecule has 0 saturated heterocycles. The molecule has 0 nitrogen and oxygen atoms in total. The van der Waals surface area contributed by atoms with E-state index in [1.807, 2.05) is 41.5 Å². The summed E-state index contributed by atoms with van der Waals surface area (Å²) in [5.41, 5.74) is 5.76. The van der Waals surface area contributed by atoms with Crippen molar-refractivity contribution in [3.05, 3.63) is 96.1 Å². The average Bonchev–Trinajstić information content (AvgIpc) is 3.20. The molecule has 5 aromatic rings. The molecule has 1 aliphatic carbocycles. The third kappa shape index (κ3) is 4.92. The molecular weight excluding hydrogens is 432 g/mol. The molecular formula is C36H46. The van der Waals surface area contributed by atoms with Crippen LogP contribution in [0.1, 0.15) is 86.8 Å². The lowest BCUT2D eigenvalue weighted by atomic mass is 9.79. The van der Waals surface area contributed by atoms with Crippen LogP contribution >= 0.6 is 0 Å². The molecule has 190 valence electrons. The van der Waals surface area contributed by atoms with Crippen molar-refractivity contribution in [2.24, 2.45) is 0 Å². The average molecular weight is 479 g/mol. The van der Waals surface area contributed by atoms with Gasteiger partial charge in [-0.2, -0.15) is 0 Å². The standard InChI is InChI=1S/C27H20.C3H8.3C2H6/c1-27(2)23-16-15-17-9-3-4-10-18(17)24(23)25-21-13-7-5-11-19(21)20-12-6-8-14-22(20)26(25)27;1-3-2;3*1-2/h3-16H,1-2H3;3H2,1-2H3;3*1-2H3. The first-order valence-corrected chi connectivity index (χ1v) is 14.1. The van der Waals surface area contributed by atoms with Crippen molar-refractivity contribution >= 4 is 32.3 Å². The highest BCUT2D eigenvalue weighted by atomic mass is 14.4. The fraction of sp³-hybridized carbons (Fsp3) is 0.333. The predicted molar refractivity (Wildman–Crippen MR) is 167 cm³/mol. The lowest BCUT2D eigenvalue weighted by molar-refractivity contribution is 0.667. The van der Waals surface area contributed by atoms with Crippen LogP contribution in [0.4, 0.5) is 0 Å². The SMILES string of the molecule is CC.CC.CC.CC1(C)c2ccc3ccccc3c2-c2c1c1ccccc1c1ccccc21.CCC. The molecule has 0 bridgehead atoms. The van der Waals surface area contributed by atoms with E-state index in [4.69, 9.17) is 0 Å². The Morgan fingerprint density at radius 1 is 0.472 bits per heavy atom. The van der Waals surface area contributed by atoms with Gasteiger partial charge in [0.05, 0.1) is 0 Å². The highest BCUT2D eigenvalue weighted by Gasteiger charge is 2.39. The van der Waals surface area contributed by atoms with E-state index in [9.17, 15) is 0 Å². The number of rotatable bonds is 0. The number of hydrogen-bond acceptors (Lipinski definition) is 0. The molecule has 6 rings (SSSR count). The van der Waals surface area contributed by atoms with Crippen LogP contribution in [-0.4, -0.2) is 0 Å². The Hall–Kier alpha value is -3.12. The van der Waals surface area contributed by atoms with E-state index in [0.717, 1.165) is 0 Å². The second-order valence-electron chi connectivity index (χ2n) is 8.88. The zero-order valence-corrected chi connectivity index (χ0v) is 24.3. The maximum Gasteiger partial charge on any atom is 0.0165 e. The minimum Gasteiger partial charge on any atom is -0.0683 e. The highest BCUT2D eigenvalue weighted by Crippen LogP contribution is 2.56. The lowest BCUT2D eigenvalue weighted by Gasteiger charge is -2.24. The highest BCUT2D eigenvalue weighted by molar-refractivity contribution is 6.21. The molecule has 0 N–H and O–H groups in total. The first kappa shape index (κ1) is 29.1. The minimum atomic E-state index is -0.0155. The van der Waals surface area contributed by atoms with Gasteiger partial charge in [0.15, 0.2) is 0 Å². The van der Waals surface area contributed by atoms with E-state index in [2.05, 4.69) is 113 Å². The Kier molecular flexibility index (Phi) is 10.7. The van der Waals surface area contributed by atoms with Crippen LogP contribution in [0.5, 0.6) is 0 Å². The molecule has 0 spiro atoms. The molecule has 1 aliphatic rings. The Morgan fingerprint density at radius 2 is 0.889 bits per heavy atom. The van der Waals surface area contributed by atoms with Gasteiger partial charge in [-0.1, -0.05) is 161 Å². The van der Waals surface area contributed by atoms with Crippen molar-refractivity contribution in [3.63, 3.8) is 0 Å². The normalized spacial score (nSPS) is 11.9.